The van der Waals surface area contributed by atoms with Gasteiger partial charge in [-0.05, 0) is 17.5 Å². The van der Waals surface area contributed by atoms with Crippen molar-refractivity contribution >= 4 is 11.5 Å². The van der Waals surface area contributed by atoms with Crippen molar-refractivity contribution in [3.63, 3.8) is 0 Å². The Kier molecular flexibility index (Phi) is 3.02. The van der Waals surface area contributed by atoms with Crippen molar-refractivity contribution in [3.8, 4) is 0 Å². The zero-order valence-corrected chi connectivity index (χ0v) is 10.6. The topological polar surface area (TPSA) is 68.2 Å². The molecule has 3 N–H and O–H groups in total. The van der Waals surface area contributed by atoms with E-state index in [1.165, 1.54) is 0 Å². The van der Waals surface area contributed by atoms with Gasteiger partial charge in [0.2, 0.25) is 0 Å². The highest BCUT2D eigenvalue weighted by molar-refractivity contribution is 5.45. The number of fused-ring (bicyclic) bond motifs is 1. The van der Waals surface area contributed by atoms with Crippen LogP contribution in [0.3, 0.4) is 0 Å². The fourth-order valence-corrected chi connectivity index (χ4v) is 1.48. The fraction of sp³-hybridized carbons (Fsp3) is 0.500. The van der Waals surface area contributed by atoms with Crippen LogP contribution in [0.4, 0.5) is 5.82 Å². The summed E-state index contributed by atoms with van der Waals surface area (Å²) in [6.45, 7) is 7.87. The van der Waals surface area contributed by atoms with Gasteiger partial charge in [-0.2, -0.15) is 0 Å². The number of anilines is 1. The number of nitrogens with zero attached hydrogens (tertiary/aromatic N) is 3. The number of rotatable bonds is 3. The van der Waals surface area contributed by atoms with Gasteiger partial charge in [-0.3, -0.25) is 0 Å². The van der Waals surface area contributed by atoms with E-state index in [-0.39, 0.29) is 5.41 Å². The van der Waals surface area contributed by atoms with E-state index < -0.39 is 0 Å². The molecule has 2 rings (SSSR count). The lowest BCUT2D eigenvalue weighted by molar-refractivity contribution is 0.442. The molecule has 0 spiro atoms. The molecule has 0 aliphatic carbocycles. The first-order valence-corrected chi connectivity index (χ1v) is 5.77. The maximum Gasteiger partial charge on any atom is 0.153 e. The summed E-state index contributed by atoms with van der Waals surface area (Å²) in [6, 6.07) is 3.88. The molecule has 0 amide bonds. The molecule has 92 valence electrons. The van der Waals surface area contributed by atoms with Crippen molar-refractivity contribution in [2.75, 3.05) is 11.9 Å². The fourth-order valence-electron chi connectivity index (χ4n) is 1.48. The molecule has 0 aliphatic rings. The predicted molar refractivity (Wildman–Crippen MR) is 68.8 cm³/mol. The molecular weight excluding hydrogens is 214 g/mol. The van der Waals surface area contributed by atoms with Crippen LogP contribution in [0, 0.1) is 5.41 Å². The van der Waals surface area contributed by atoms with E-state index in [9.17, 15) is 0 Å². The van der Waals surface area contributed by atoms with Gasteiger partial charge in [-0.1, -0.05) is 20.8 Å². The van der Waals surface area contributed by atoms with Crippen molar-refractivity contribution in [1.29, 1.82) is 0 Å². The lowest BCUT2D eigenvalue weighted by atomic mass is 9.97. The molecule has 5 heteroatoms. The Bertz CT molecular complexity index is 509. The molecule has 5 nitrogen and oxygen atoms in total. The summed E-state index contributed by atoms with van der Waals surface area (Å²) in [7, 11) is 0. The molecule has 0 radical (unpaired) electrons. The Morgan fingerprint density at radius 1 is 1.35 bits per heavy atom. The zero-order valence-electron chi connectivity index (χ0n) is 10.6. The molecule has 0 saturated heterocycles. The third-order valence-corrected chi connectivity index (χ3v) is 2.38. The van der Waals surface area contributed by atoms with Crippen molar-refractivity contribution in [3.05, 3.63) is 24.0 Å². The van der Waals surface area contributed by atoms with Crippen LogP contribution in [0.5, 0.6) is 0 Å². The third kappa shape index (κ3) is 2.94. The van der Waals surface area contributed by atoms with Gasteiger partial charge in [0, 0.05) is 13.1 Å². The molecule has 0 aliphatic heterocycles. The van der Waals surface area contributed by atoms with Gasteiger partial charge < -0.3 is 11.1 Å². The number of hydrogen-bond donors (Lipinski definition) is 2. The summed E-state index contributed by atoms with van der Waals surface area (Å²) in [4.78, 5) is 4.33. The van der Waals surface area contributed by atoms with E-state index in [1.54, 1.807) is 4.52 Å². The van der Waals surface area contributed by atoms with Gasteiger partial charge in [-0.25, -0.2) is 9.50 Å². The Hall–Kier alpha value is -1.62. The molecular formula is C12H19N5. The van der Waals surface area contributed by atoms with Crippen molar-refractivity contribution in [1.82, 2.24) is 14.6 Å². The summed E-state index contributed by atoms with van der Waals surface area (Å²) >= 11 is 0. The summed E-state index contributed by atoms with van der Waals surface area (Å²) in [5.74, 6) is 0.855. The second-order valence-corrected chi connectivity index (χ2v) is 5.37. The van der Waals surface area contributed by atoms with Crippen LogP contribution in [-0.4, -0.2) is 21.1 Å². The molecule has 2 heterocycles. The van der Waals surface area contributed by atoms with Crippen LogP contribution in [0.2, 0.25) is 0 Å². The lowest BCUT2D eigenvalue weighted by Crippen LogP contribution is -2.19. The van der Waals surface area contributed by atoms with E-state index in [0.717, 1.165) is 23.7 Å². The van der Waals surface area contributed by atoms with Crippen molar-refractivity contribution < 1.29 is 0 Å². The molecule has 0 aromatic carbocycles. The second kappa shape index (κ2) is 4.33. The number of aromatic nitrogens is 3. The Morgan fingerprint density at radius 2 is 2.12 bits per heavy atom. The van der Waals surface area contributed by atoms with Crippen LogP contribution in [0.25, 0.3) is 5.65 Å². The van der Waals surface area contributed by atoms with Crippen LogP contribution in [0.15, 0.2) is 18.3 Å². The van der Waals surface area contributed by atoms with Gasteiger partial charge in [-0.15, -0.1) is 5.10 Å². The van der Waals surface area contributed by atoms with Gasteiger partial charge in [0.05, 0.1) is 11.9 Å². The highest BCUT2D eigenvalue weighted by Crippen LogP contribution is 2.14. The Morgan fingerprint density at radius 3 is 2.76 bits per heavy atom. The maximum absolute atomic E-state index is 5.55. The van der Waals surface area contributed by atoms with Crippen LogP contribution in [-0.2, 0) is 6.54 Å². The highest BCUT2D eigenvalue weighted by atomic mass is 15.3. The standard InChI is InChI=1S/C12H19N5/c1-12(2,3)8-14-10-4-5-11-15-9(6-13)7-17(11)16-10/h4-5,7H,6,8,13H2,1-3H3,(H,14,16). The second-order valence-electron chi connectivity index (χ2n) is 5.37. The van der Waals surface area contributed by atoms with Gasteiger partial charge >= 0.3 is 0 Å². The lowest BCUT2D eigenvalue weighted by Gasteiger charge is -2.18. The Labute approximate surface area is 101 Å². The molecule has 2 aromatic heterocycles. The van der Waals surface area contributed by atoms with E-state index >= 15 is 0 Å². The molecule has 0 atom stereocenters. The number of hydrogen-bond acceptors (Lipinski definition) is 4. The van der Waals surface area contributed by atoms with Crippen LogP contribution < -0.4 is 11.1 Å². The number of imidazole rings is 1. The largest absolute Gasteiger partial charge is 0.368 e. The van der Waals surface area contributed by atoms with Gasteiger partial charge in [0.25, 0.3) is 0 Å². The minimum atomic E-state index is 0.230. The van der Waals surface area contributed by atoms with Gasteiger partial charge in [0.1, 0.15) is 5.82 Å². The molecule has 0 fully saturated rings. The first-order chi connectivity index (χ1) is 7.98. The van der Waals surface area contributed by atoms with Crippen LogP contribution >= 0.6 is 0 Å². The first-order valence-electron chi connectivity index (χ1n) is 5.77. The van der Waals surface area contributed by atoms with E-state index in [0.29, 0.717) is 6.54 Å². The minimum Gasteiger partial charge on any atom is -0.368 e. The predicted octanol–water partition coefficient (Wildman–Crippen LogP) is 1.65. The molecule has 17 heavy (non-hydrogen) atoms. The Balaban J connectivity index is 2.19. The van der Waals surface area contributed by atoms with Gasteiger partial charge in [0.15, 0.2) is 5.65 Å². The van der Waals surface area contributed by atoms with E-state index in [2.05, 4.69) is 36.2 Å². The molecule has 0 saturated carbocycles. The first kappa shape index (κ1) is 11.9. The summed E-state index contributed by atoms with van der Waals surface area (Å²) < 4.78 is 1.76. The van der Waals surface area contributed by atoms with E-state index in [1.807, 2.05) is 18.3 Å². The molecule has 0 bridgehead atoms. The summed E-state index contributed by atoms with van der Waals surface area (Å²) in [6.07, 6.45) is 1.86. The van der Waals surface area contributed by atoms with E-state index in [4.69, 9.17) is 5.73 Å². The summed E-state index contributed by atoms with van der Waals surface area (Å²) in [5, 5.41) is 7.75. The van der Waals surface area contributed by atoms with Crippen molar-refractivity contribution in [2.45, 2.75) is 27.3 Å². The number of nitrogens with two attached hydrogens (primary N) is 1. The average Bonchev–Trinajstić information content (AvgIpc) is 2.67. The summed E-state index contributed by atoms with van der Waals surface area (Å²) in [5.41, 5.74) is 7.46. The monoisotopic (exact) mass is 233 g/mol. The number of nitrogens with one attached hydrogen (secondary N) is 1. The SMILES string of the molecule is CC(C)(C)CNc1ccc2nc(CN)cn2n1. The molecule has 2 aromatic rings. The van der Waals surface area contributed by atoms with Crippen LogP contribution in [0.1, 0.15) is 26.5 Å². The smallest absolute Gasteiger partial charge is 0.153 e. The minimum absolute atomic E-state index is 0.230. The normalized spacial score (nSPS) is 12.0. The average molecular weight is 233 g/mol. The van der Waals surface area contributed by atoms with Crippen molar-refractivity contribution in [2.24, 2.45) is 11.1 Å². The highest BCUT2D eigenvalue weighted by Gasteiger charge is 2.10. The zero-order chi connectivity index (χ0) is 12.5. The molecule has 0 unspecified atom stereocenters. The maximum atomic E-state index is 5.55. The quantitative estimate of drug-likeness (QED) is 0.845. The third-order valence-electron chi connectivity index (χ3n) is 2.38.